The molecule has 38 heavy (non-hydrogen) atoms. The number of rotatable bonds is 7. The molecule has 0 saturated carbocycles. The molecule has 0 aliphatic carbocycles. The van der Waals surface area contributed by atoms with Crippen LogP contribution in [0.1, 0.15) is 59.5 Å². The fourth-order valence-electron chi connectivity index (χ4n) is 4.13. The maximum atomic E-state index is 13.5. The van der Waals surface area contributed by atoms with E-state index in [2.05, 4.69) is 20.8 Å². The zero-order valence-corrected chi connectivity index (χ0v) is 21.7. The number of alkyl halides is 3. The van der Waals surface area contributed by atoms with E-state index in [-0.39, 0.29) is 40.0 Å². The van der Waals surface area contributed by atoms with Gasteiger partial charge < -0.3 is 9.52 Å². The molecule has 0 aliphatic rings. The van der Waals surface area contributed by atoms with Crippen molar-refractivity contribution in [3.05, 3.63) is 101 Å². The molecule has 0 aliphatic heterocycles. The first-order chi connectivity index (χ1) is 17.6. The van der Waals surface area contributed by atoms with Crippen LogP contribution >= 0.6 is 0 Å². The number of carboxylic acid groups (broad SMARTS) is 1. The lowest BCUT2D eigenvalue weighted by Gasteiger charge is -2.19. The maximum Gasteiger partial charge on any atom is 0.416 e. The molecule has 2 aromatic carbocycles. The summed E-state index contributed by atoms with van der Waals surface area (Å²) in [5.74, 6) is -1.87. The Bertz CT molecular complexity index is 1640. The molecular weight excluding hydrogens is 519 g/mol. The summed E-state index contributed by atoms with van der Waals surface area (Å²) in [6.07, 6.45) is -1.56. The zero-order chi connectivity index (χ0) is 27.9. The average Bonchev–Trinajstić information content (AvgIpc) is 3.42. The number of fused-ring (bicyclic) bond motifs is 1. The number of nitrogens with zero attached hydrogens (tertiary/aromatic N) is 1. The van der Waals surface area contributed by atoms with Gasteiger partial charge in [0.05, 0.1) is 16.8 Å². The van der Waals surface area contributed by atoms with Gasteiger partial charge in [-0.15, -0.1) is 0 Å². The van der Waals surface area contributed by atoms with Crippen molar-refractivity contribution in [2.75, 3.05) is 5.75 Å². The molecule has 2 aromatic heterocycles. The Kier molecular flexibility index (Phi) is 7.05. The molecule has 0 amide bonds. The third-order valence-corrected chi connectivity index (χ3v) is 7.63. The van der Waals surface area contributed by atoms with Crippen molar-refractivity contribution < 1.29 is 35.9 Å². The Morgan fingerprint density at radius 1 is 1.00 bits per heavy atom. The fraction of sp³-hybridized carbons (Fsp3) is 0.250. The van der Waals surface area contributed by atoms with E-state index in [0.29, 0.717) is 0 Å². The number of hydrogen-bond acceptors (Lipinski definition) is 4. The van der Waals surface area contributed by atoms with E-state index in [4.69, 9.17) is 9.52 Å². The summed E-state index contributed by atoms with van der Waals surface area (Å²) in [6, 6.07) is 14.5. The molecule has 1 N–H and O–H groups in total. The first kappa shape index (κ1) is 27.3. The molecule has 0 saturated heterocycles. The van der Waals surface area contributed by atoms with Gasteiger partial charge in [-0.1, -0.05) is 57.2 Å². The third kappa shape index (κ3) is 5.85. The average molecular weight is 546 g/mol. The molecule has 0 bridgehead atoms. The van der Waals surface area contributed by atoms with Crippen molar-refractivity contribution in [1.82, 2.24) is 3.97 Å². The van der Waals surface area contributed by atoms with Gasteiger partial charge in [-0.25, -0.2) is 17.2 Å². The van der Waals surface area contributed by atoms with Crippen LogP contribution in [0.25, 0.3) is 17.0 Å². The van der Waals surface area contributed by atoms with Crippen molar-refractivity contribution in [2.24, 2.45) is 0 Å². The lowest BCUT2D eigenvalue weighted by Crippen LogP contribution is -2.18. The Morgan fingerprint density at radius 2 is 1.74 bits per heavy atom. The Labute approximate surface area is 218 Å². The lowest BCUT2D eigenvalue weighted by atomic mass is 9.86. The van der Waals surface area contributed by atoms with Crippen molar-refractivity contribution in [2.45, 2.75) is 38.8 Å². The van der Waals surface area contributed by atoms with Crippen molar-refractivity contribution in [3.8, 4) is 0 Å². The van der Waals surface area contributed by atoms with Gasteiger partial charge in [0.15, 0.2) is 0 Å². The number of carboxylic acids is 1. The van der Waals surface area contributed by atoms with E-state index < -0.39 is 33.5 Å². The quantitative estimate of drug-likeness (QED) is 0.278. The molecule has 6 nitrogen and oxygen atoms in total. The summed E-state index contributed by atoms with van der Waals surface area (Å²) in [6.45, 7) is 6.21. The van der Waals surface area contributed by atoms with E-state index in [0.717, 1.165) is 33.3 Å². The van der Waals surface area contributed by atoms with E-state index in [1.807, 2.05) is 24.3 Å². The zero-order valence-electron chi connectivity index (χ0n) is 20.9. The first-order valence-electron chi connectivity index (χ1n) is 11.7. The monoisotopic (exact) mass is 545 g/mol. The first-order valence-corrected chi connectivity index (χ1v) is 13.3. The molecule has 4 rings (SSSR count). The van der Waals surface area contributed by atoms with Crippen molar-refractivity contribution in [3.63, 3.8) is 0 Å². The van der Waals surface area contributed by atoms with Crippen LogP contribution in [0.4, 0.5) is 13.2 Å². The number of furan rings is 1. The van der Waals surface area contributed by atoms with Crippen LogP contribution < -0.4 is 0 Å². The van der Waals surface area contributed by atoms with Crippen LogP contribution in [0.5, 0.6) is 0 Å². The van der Waals surface area contributed by atoms with Crippen LogP contribution in [0, 0.1) is 0 Å². The van der Waals surface area contributed by atoms with Crippen LogP contribution in [-0.2, 0) is 28.0 Å². The molecule has 0 unspecified atom stereocenters. The summed E-state index contributed by atoms with van der Waals surface area (Å²) < 4.78 is 73.2. The Balaban J connectivity index is 1.73. The number of aromatic carboxylic acids is 1. The second kappa shape index (κ2) is 9.83. The highest BCUT2D eigenvalue weighted by atomic mass is 32.2. The summed E-state index contributed by atoms with van der Waals surface area (Å²) in [5, 5.41) is 9.20. The van der Waals surface area contributed by atoms with E-state index in [1.165, 1.54) is 24.3 Å². The summed E-state index contributed by atoms with van der Waals surface area (Å²) in [7, 11) is -4.07. The van der Waals surface area contributed by atoms with Crippen LogP contribution in [-0.4, -0.2) is 29.2 Å². The topological polar surface area (TPSA) is 89.5 Å². The predicted octanol–water partition coefficient (Wildman–Crippen LogP) is 6.73. The molecule has 0 atom stereocenters. The number of carbonyl (C=O) groups is 1. The van der Waals surface area contributed by atoms with Gasteiger partial charge in [-0.3, -0.25) is 0 Å². The number of hydrogen-bond donors (Lipinski definition) is 1. The van der Waals surface area contributed by atoms with Gasteiger partial charge in [-0.2, -0.15) is 13.2 Å². The normalized spacial score (nSPS) is 13.0. The molecule has 200 valence electrons. The second-order valence-corrected chi connectivity index (χ2v) is 11.8. The van der Waals surface area contributed by atoms with Gasteiger partial charge in [0.1, 0.15) is 5.76 Å². The van der Waals surface area contributed by atoms with Gasteiger partial charge in [0.25, 0.3) is 0 Å². The smallest absolute Gasteiger partial charge is 0.416 e. The van der Waals surface area contributed by atoms with Crippen molar-refractivity contribution >= 4 is 33.0 Å². The highest BCUT2D eigenvalue weighted by molar-refractivity contribution is 7.90. The highest BCUT2D eigenvalue weighted by Crippen LogP contribution is 2.34. The van der Waals surface area contributed by atoms with Gasteiger partial charge in [0.2, 0.25) is 15.8 Å². The molecule has 0 radical (unpaired) electrons. The number of aromatic nitrogens is 1. The van der Waals surface area contributed by atoms with Crippen LogP contribution in [0.15, 0.2) is 71.2 Å². The molecule has 0 spiro atoms. The van der Waals surface area contributed by atoms with E-state index in [1.54, 1.807) is 6.08 Å². The largest absolute Gasteiger partial charge is 0.475 e. The number of benzene rings is 2. The Hall–Kier alpha value is -3.79. The third-order valence-electron chi connectivity index (χ3n) is 6.03. The maximum absolute atomic E-state index is 13.5. The minimum atomic E-state index is -4.60. The number of halogens is 3. The SMILES string of the molecule is CC(C)(C)c1cccc(C=CCS(=O)(=O)n2c(Cc3ccc(C(=O)O)o3)cc3cc(C(F)(F)F)ccc32)c1. The van der Waals surface area contributed by atoms with E-state index in [9.17, 15) is 26.4 Å². The fourth-order valence-corrected chi connectivity index (χ4v) is 5.56. The van der Waals surface area contributed by atoms with Crippen LogP contribution in [0.2, 0.25) is 0 Å². The minimum Gasteiger partial charge on any atom is -0.475 e. The second-order valence-electron chi connectivity index (χ2n) is 9.98. The molecule has 0 fully saturated rings. The molecule has 4 aromatic rings. The minimum absolute atomic E-state index is 0.0844. The van der Waals surface area contributed by atoms with Gasteiger partial charge >= 0.3 is 12.1 Å². The summed E-state index contributed by atoms with van der Waals surface area (Å²) in [5.41, 5.74) is 1.14. The summed E-state index contributed by atoms with van der Waals surface area (Å²) in [4.78, 5) is 11.2. The molecule has 10 heteroatoms. The Morgan fingerprint density at radius 3 is 2.37 bits per heavy atom. The lowest BCUT2D eigenvalue weighted by molar-refractivity contribution is -0.137. The van der Waals surface area contributed by atoms with Crippen LogP contribution in [0.3, 0.4) is 0 Å². The highest BCUT2D eigenvalue weighted by Gasteiger charge is 2.31. The molecule has 2 heterocycles. The van der Waals surface area contributed by atoms with Gasteiger partial charge in [0, 0.05) is 17.5 Å². The molecular formula is C28H26F3NO5S. The summed E-state index contributed by atoms with van der Waals surface area (Å²) >= 11 is 0. The van der Waals surface area contributed by atoms with Gasteiger partial charge in [-0.05, 0) is 52.9 Å². The standard InChI is InChI=1S/C28H26F3NO5S/c1-27(2,3)20-8-4-6-18(14-20)7-5-13-38(35,36)32-22(17-23-10-12-25(37-23)26(33)34)16-19-15-21(28(29,30)31)9-11-24(19)32/h4-12,14-16H,13,17H2,1-3H3,(H,33,34). The predicted molar refractivity (Wildman–Crippen MR) is 139 cm³/mol. The van der Waals surface area contributed by atoms with Crippen molar-refractivity contribution in [1.29, 1.82) is 0 Å². The van der Waals surface area contributed by atoms with E-state index >= 15 is 0 Å².